The van der Waals surface area contributed by atoms with Gasteiger partial charge in [0, 0.05) is 23.6 Å². The van der Waals surface area contributed by atoms with Gasteiger partial charge < -0.3 is 14.8 Å². The van der Waals surface area contributed by atoms with Crippen LogP contribution in [0.5, 0.6) is 11.5 Å². The summed E-state index contributed by atoms with van der Waals surface area (Å²) in [6.45, 7) is 3.28. The van der Waals surface area contributed by atoms with E-state index in [1.807, 2.05) is 6.92 Å². The van der Waals surface area contributed by atoms with Gasteiger partial charge in [0.25, 0.3) is 0 Å². The second-order valence-corrected chi connectivity index (χ2v) is 4.60. The van der Waals surface area contributed by atoms with E-state index >= 15 is 0 Å². The number of hydrogen-bond acceptors (Lipinski definition) is 4. The molecule has 0 radical (unpaired) electrons. The minimum Gasteiger partial charge on any atom is -0.489 e. The summed E-state index contributed by atoms with van der Waals surface area (Å²) in [6.07, 6.45) is 0.825. The first-order valence-corrected chi connectivity index (χ1v) is 6.29. The number of Topliss-reactive ketones (excluding diaryl/α,β-unsaturated/α-hetero) is 1. The molecule has 0 saturated carbocycles. The highest BCUT2D eigenvalue weighted by molar-refractivity contribution is 6.34. The molecular formula is C13H16ClNO3. The Hall–Kier alpha value is -1.26. The SMILES string of the molecule is CNCC(=O)c1c(Cl)cc2c(c1C)OCCCO2. The van der Waals surface area contributed by atoms with Crippen molar-refractivity contribution >= 4 is 17.4 Å². The van der Waals surface area contributed by atoms with Crippen LogP contribution in [0.1, 0.15) is 22.3 Å². The highest BCUT2D eigenvalue weighted by Crippen LogP contribution is 2.39. The molecule has 4 nitrogen and oxygen atoms in total. The van der Waals surface area contributed by atoms with Crippen molar-refractivity contribution in [1.82, 2.24) is 5.32 Å². The Labute approximate surface area is 111 Å². The number of carbonyl (C=O) groups is 1. The van der Waals surface area contributed by atoms with E-state index in [4.69, 9.17) is 21.1 Å². The third-order valence-electron chi connectivity index (χ3n) is 2.84. The molecule has 2 rings (SSSR count). The normalized spacial score (nSPS) is 14.2. The Morgan fingerprint density at radius 3 is 2.89 bits per heavy atom. The molecule has 1 aliphatic rings. The number of hydrogen-bond donors (Lipinski definition) is 1. The molecule has 98 valence electrons. The van der Waals surface area contributed by atoms with Crippen LogP contribution in [0, 0.1) is 6.92 Å². The number of halogens is 1. The third kappa shape index (κ3) is 2.44. The molecule has 18 heavy (non-hydrogen) atoms. The molecule has 1 heterocycles. The van der Waals surface area contributed by atoms with Gasteiger partial charge in [0.05, 0.1) is 24.8 Å². The standard InChI is InChI=1S/C13H16ClNO3/c1-8-12(10(16)7-15-2)9(14)6-11-13(8)18-5-3-4-17-11/h6,15H,3-5,7H2,1-2H3. The van der Waals surface area contributed by atoms with Crippen molar-refractivity contribution in [3.63, 3.8) is 0 Å². The third-order valence-corrected chi connectivity index (χ3v) is 3.14. The van der Waals surface area contributed by atoms with E-state index in [2.05, 4.69) is 5.32 Å². The number of ketones is 1. The number of fused-ring (bicyclic) bond motifs is 1. The maximum atomic E-state index is 12.0. The van der Waals surface area contributed by atoms with Crippen molar-refractivity contribution in [2.24, 2.45) is 0 Å². The fourth-order valence-corrected chi connectivity index (χ4v) is 2.37. The average Bonchev–Trinajstić information content (AvgIpc) is 2.54. The van der Waals surface area contributed by atoms with Crippen LogP contribution in [0.4, 0.5) is 0 Å². The number of nitrogens with one attached hydrogen (secondary N) is 1. The fourth-order valence-electron chi connectivity index (χ4n) is 2.02. The fraction of sp³-hybridized carbons (Fsp3) is 0.462. The Morgan fingerprint density at radius 2 is 2.17 bits per heavy atom. The average molecular weight is 270 g/mol. The number of ether oxygens (including phenoxy) is 2. The Kier molecular flexibility index (Phi) is 4.09. The van der Waals surface area contributed by atoms with E-state index in [9.17, 15) is 4.79 Å². The zero-order valence-corrected chi connectivity index (χ0v) is 11.3. The number of likely N-dealkylation sites (N-methyl/N-ethyl adjacent to an activating group) is 1. The maximum absolute atomic E-state index is 12.0. The number of benzene rings is 1. The second kappa shape index (κ2) is 5.59. The molecule has 0 unspecified atom stereocenters. The molecule has 0 aromatic heterocycles. The molecule has 5 heteroatoms. The first-order chi connectivity index (χ1) is 8.65. The van der Waals surface area contributed by atoms with Gasteiger partial charge >= 0.3 is 0 Å². The van der Waals surface area contributed by atoms with Crippen LogP contribution in [-0.2, 0) is 0 Å². The Balaban J connectivity index is 2.48. The summed E-state index contributed by atoms with van der Waals surface area (Å²) >= 11 is 6.17. The van der Waals surface area contributed by atoms with E-state index in [0.29, 0.717) is 35.3 Å². The monoisotopic (exact) mass is 269 g/mol. The van der Waals surface area contributed by atoms with Gasteiger partial charge in [-0.3, -0.25) is 4.79 Å². The molecule has 1 aromatic rings. The molecule has 0 fully saturated rings. The molecule has 1 aliphatic heterocycles. The lowest BCUT2D eigenvalue weighted by Crippen LogP contribution is -2.20. The Morgan fingerprint density at radius 1 is 1.44 bits per heavy atom. The van der Waals surface area contributed by atoms with Gasteiger partial charge in [0.15, 0.2) is 17.3 Å². The quantitative estimate of drug-likeness (QED) is 0.855. The number of carbonyl (C=O) groups excluding carboxylic acids is 1. The summed E-state index contributed by atoms with van der Waals surface area (Å²) in [5.74, 6) is 1.21. The lowest BCUT2D eigenvalue weighted by molar-refractivity contribution is 0.0992. The molecule has 0 aliphatic carbocycles. The van der Waals surface area contributed by atoms with Crippen molar-refractivity contribution < 1.29 is 14.3 Å². The molecule has 0 amide bonds. The van der Waals surface area contributed by atoms with Gasteiger partial charge in [-0.05, 0) is 14.0 Å². The molecule has 0 saturated heterocycles. The van der Waals surface area contributed by atoms with E-state index in [0.717, 1.165) is 12.0 Å². The van der Waals surface area contributed by atoms with Crippen LogP contribution in [0.2, 0.25) is 5.02 Å². The van der Waals surface area contributed by atoms with Gasteiger partial charge in [0.2, 0.25) is 0 Å². The van der Waals surface area contributed by atoms with E-state index in [-0.39, 0.29) is 12.3 Å². The predicted molar refractivity (Wildman–Crippen MR) is 70.1 cm³/mol. The summed E-state index contributed by atoms with van der Waals surface area (Å²) in [6, 6.07) is 1.66. The zero-order chi connectivity index (χ0) is 13.1. The van der Waals surface area contributed by atoms with Crippen LogP contribution < -0.4 is 14.8 Å². The van der Waals surface area contributed by atoms with Gasteiger partial charge in [0.1, 0.15) is 0 Å². The van der Waals surface area contributed by atoms with Crippen molar-refractivity contribution in [2.75, 3.05) is 26.8 Å². The van der Waals surface area contributed by atoms with Crippen molar-refractivity contribution in [1.29, 1.82) is 0 Å². The van der Waals surface area contributed by atoms with Crippen molar-refractivity contribution in [3.8, 4) is 11.5 Å². The summed E-state index contributed by atoms with van der Waals surface area (Å²) in [5, 5.41) is 3.25. The largest absolute Gasteiger partial charge is 0.489 e. The van der Waals surface area contributed by atoms with E-state index < -0.39 is 0 Å². The highest BCUT2D eigenvalue weighted by Gasteiger charge is 2.22. The van der Waals surface area contributed by atoms with Gasteiger partial charge in [-0.2, -0.15) is 0 Å². The van der Waals surface area contributed by atoms with Crippen LogP contribution in [0.25, 0.3) is 0 Å². The van der Waals surface area contributed by atoms with E-state index in [1.165, 1.54) is 0 Å². The van der Waals surface area contributed by atoms with Crippen LogP contribution >= 0.6 is 11.6 Å². The van der Waals surface area contributed by atoms with Crippen LogP contribution in [0.3, 0.4) is 0 Å². The van der Waals surface area contributed by atoms with Crippen molar-refractivity contribution in [3.05, 3.63) is 22.2 Å². The second-order valence-electron chi connectivity index (χ2n) is 4.19. The molecule has 1 N–H and O–H groups in total. The lowest BCUT2D eigenvalue weighted by Gasteiger charge is -2.15. The molecule has 0 bridgehead atoms. The first kappa shape index (κ1) is 13.2. The topological polar surface area (TPSA) is 47.6 Å². The molecular weight excluding hydrogens is 254 g/mol. The smallest absolute Gasteiger partial charge is 0.178 e. The minimum atomic E-state index is -0.0457. The summed E-state index contributed by atoms with van der Waals surface area (Å²) < 4.78 is 11.2. The lowest BCUT2D eigenvalue weighted by atomic mass is 10.0. The molecule has 0 spiro atoms. The zero-order valence-electron chi connectivity index (χ0n) is 10.5. The van der Waals surface area contributed by atoms with Crippen LogP contribution in [-0.4, -0.2) is 32.6 Å². The summed E-state index contributed by atoms with van der Waals surface area (Å²) in [7, 11) is 1.73. The van der Waals surface area contributed by atoms with E-state index in [1.54, 1.807) is 13.1 Å². The maximum Gasteiger partial charge on any atom is 0.178 e. The van der Waals surface area contributed by atoms with Crippen molar-refractivity contribution in [2.45, 2.75) is 13.3 Å². The Bertz CT molecular complexity index is 474. The van der Waals surface area contributed by atoms with Gasteiger partial charge in [-0.15, -0.1) is 0 Å². The molecule has 1 aromatic carbocycles. The minimum absolute atomic E-state index is 0.0457. The van der Waals surface area contributed by atoms with Gasteiger partial charge in [-0.1, -0.05) is 11.6 Å². The highest BCUT2D eigenvalue weighted by atomic mass is 35.5. The van der Waals surface area contributed by atoms with Gasteiger partial charge in [-0.25, -0.2) is 0 Å². The molecule has 0 atom stereocenters. The summed E-state index contributed by atoms with van der Waals surface area (Å²) in [5.41, 5.74) is 1.26. The number of rotatable bonds is 3. The first-order valence-electron chi connectivity index (χ1n) is 5.91. The predicted octanol–water partition coefficient (Wildman–Crippen LogP) is 2.21. The summed E-state index contributed by atoms with van der Waals surface area (Å²) in [4.78, 5) is 12.0. The van der Waals surface area contributed by atoms with Crippen LogP contribution in [0.15, 0.2) is 6.07 Å².